The second-order valence-electron chi connectivity index (χ2n) is 6.64. The van der Waals surface area contributed by atoms with Gasteiger partial charge in [0.15, 0.2) is 0 Å². The number of rotatable bonds is 7. The molecule has 25 heavy (non-hydrogen) atoms. The molecule has 1 aromatic rings. The van der Waals surface area contributed by atoms with Crippen LogP contribution in [0.25, 0.3) is 0 Å². The summed E-state index contributed by atoms with van der Waals surface area (Å²) in [5.41, 5.74) is 0.723. The first-order chi connectivity index (χ1) is 12.0. The van der Waals surface area contributed by atoms with Gasteiger partial charge in [-0.1, -0.05) is 31.5 Å². The smallest absolute Gasteiger partial charge is 0.246 e. The minimum absolute atomic E-state index is 0.0166. The van der Waals surface area contributed by atoms with Crippen molar-refractivity contribution >= 4 is 17.5 Å². The van der Waals surface area contributed by atoms with E-state index in [1.165, 1.54) is 12.1 Å². The summed E-state index contributed by atoms with van der Waals surface area (Å²) in [5.74, 6) is -0.260. The molecule has 2 atom stereocenters. The summed E-state index contributed by atoms with van der Waals surface area (Å²) >= 11 is 5.76. The van der Waals surface area contributed by atoms with Crippen molar-refractivity contribution in [3.63, 3.8) is 0 Å². The van der Waals surface area contributed by atoms with Crippen LogP contribution in [0, 0.1) is 17.7 Å². The van der Waals surface area contributed by atoms with Gasteiger partial charge in [-0.05, 0) is 23.6 Å². The predicted octanol–water partition coefficient (Wildman–Crippen LogP) is 2.55. The van der Waals surface area contributed by atoms with Gasteiger partial charge >= 0.3 is 0 Å². The highest BCUT2D eigenvalue weighted by atomic mass is 35.5. The number of benzene rings is 1. The van der Waals surface area contributed by atoms with Crippen molar-refractivity contribution in [2.75, 3.05) is 39.5 Å². The monoisotopic (exact) mass is 372 g/mol. The third-order valence-corrected chi connectivity index (χ3v) is 4.24. The molecule has 5 nitrogen and oxygen atoms in total. The van der Waals surface area contributed by atoms with Gasteiger partial charge in [-0.3, -0.25) is 4.79 Å². The quantitative estimate of drug-likeness (QED) is 0.772. The topological polar surface area (TPSA) is 59.6 Å². The minimum atomic E-state index is -0.468. The number of halogens is 2. The summed E-state index contributed by atoms with van der Waals surface area (Å²) in [6, 6.07) is 4.70. The van der Waals surface area contributed by atoms with Crippen LogP contribution in [0.2, 0.25) is 5.02 Å². The Hall–Kier alpha value is -1.21. The molecule has 1 fully saturated rings. The van der Waals surface area contributed by atoms with E-state index in [-0.39, 0.29) is 29.6 Å². The number of amides is 1. The van der Waals surface area contributed by atoms with Crippen LogP contribution in [0.1, 0.15) is 25.5 Å². The summed E-state index contributed by atoms with van der Waals surface area (Å²) in [6.07, 6.45) is -0.307. The van der Waals surface area contributed by atoms with Crippen molar-refractivity contribution in [2.24, 2.45) is 11.8 Å². The normalized spacial score (nSPS) is 21.2. The standard InChI is InChI=1S/C18H26ClFN2O3/c1-12(2)10-24-11-17(23)22-9-14-8-21-5-6-25-18(14)13-3-4-15(19)16(20)7-13/h3-4,7,12,14,18,21H,5-6,8-11H2,1-2H3,(H,22,23)/t14-,18-/m0/s1. The Labute approximate surface area is 153 Å². The van der Waals surface area contributed by atoms with Crippen LogP contribution >= 0.6 is 11.6 Å². The molecule has 140 valence electrons. The molecule has 0 unspecified atom stereocenters. The van der Waals surface area contributed by atoms with Crippen LogP contribution in [-0.4, -0.2) is 45.4 Å². The zero-order valence-corrected chi connectivity index (χ0v) is 15.4. The molecule has 0 aliphatic carbocycles. The average molecular weight is 373 g/mol. The van der Waals surface area contributed by atoms with E-state index in [1.54, 1.807) is 6.07 Å². The second kappa shape index (κ2) is 10.1. The van der Waals surface area contributed by atoms with Crippen molar-refractivity contribution in [3.8, 4) is 0 Å². The first-order valence-corrected chi connectivity index (χ1v) is 8.97. The first-order valence-electron chi connectivity index (χ1n) is 8.59. The Kier molecular flexibility index (Phi) is 8.09. The molecule has 1 heterocycles. The van der Waals surface area contributed by atoms with Crippen LogP contribution in [0.5, 0.6) is 0 Å². The number of ether oxygens (including phenoxy) is 2. The molecule has 0 radical (unpaired) electrons. The van der Waals surface area contributed by atoms with E-state index < -0.39 is 5.82 Å². The fourth-order valence-corrected chi connectivity index (χ4v) is 2.83. The Morgan fingerprint density at radius 3 is 3.04 bits per heavy atom. The lowest BCUT2D eigenvalue weighted by Gasteiger charge is -2.25. The lowest BCUT2D eigenvalue weighted by Crippen LogP contribution is -2.38. The van der Waals surface area contributed by atoms with Crippen LogP contribution in [0.3, 0.4) is 0 Å². The van der Waals surface area contributed by atoms with Gasteiger partial charge in [0.25, 0.3) is 0 Å². The molecule has 0 bridgehead atoms. The van der Waals surface area contributed by atoms with E-state index in [0.717, 1.165) is 5.56 Å². The van der Waals surface area contributed by atoms with Gasteiger partial charge in [0, 0.05) is 32.2 Å². The summed E-state index contributed by atoms with van der Waals surface area (Å²) in [7, 11) is 0. The molecular formula is C18H26ClFN2O3. The van der Waals surface area contributed by atoms with Gasteiger partial charge < -0.3 is 20.1 Å². The maximum Gasteiger partial charge on any atom is 0.246 e. The van der Waals surface area contributed by atoms with Crippen LogP contribution < -0.4 is 10.6 Å². The zero-order valence-electron chi connectivity index (χ0n) is 14.7. The van der Waals surface area contributed by atoms with E-state index in [2.05, 4.69) is 10.6 Å². The fourth-order valence-electron chi connectivity index (χ4n) is 2.71. The fraction of sp³-hybridized carbons (Fsp3) is 0.611. The number of hydrogen-bond acceptors (Lipinski definition) is 4. The zero-order chi connectivity index (χ0) is 18.2. The predicted molar refractivity (Wildman–Crippen MR) is 95.1 cm³/mol. The summed E-state index contributed by atoms with van der Waals surface area (Å²) < 4.78 is 25.0. The molecule has 1 aliphatic rings. The molecule has 0 saturated carbocycles. The molecule has 0 aromatic heterocycles. The second-order valence-corrected chi connectivity index (χ2v) is 7.05. The van der Waals surface area contributed by atoms with E-state index >= 15 is 0 Å². The molecule has 1 amide bonds. The van der Waals surface area contributed by atoms with Crippen molar-refractivity contribution in [1.82, 2.24) is 10.6 Å². The third kappa shape index (κ3) is 6.55. The average Bonchev–Trinajstić information content (AvgIpc) is 2.80. The lowest BCUT2D eigenvalue weighted by molar-refractivity contribution is -0.126. The van der Waals surface area contributed by atoms with Gasteiger partial charge in [-0.2, -0.15) is 0 Å². The Balaban J connectivity index is 1.95. The Morgan fingerprint density at radius 2 is 2.32 bits per heavy atom. The molecule has 0 spiro atoms. The number of carbonyl (C=O) groups is 1. The van der Waals surface area contributed by atoms with Crippen LogP contribution in [0.15, 0.2) is 18.2 Å². The van der Waals surface area contributed by atoms with Gasteiger partial charge in [0.05, 0.1) is 17.7 Å². The van der Waals surface area contributed by atoms with E-state index in [4.69, 9.17) is 21.1 Å². The largest absolute Gasteiger partial charge is 0.372 e. The molecule has 2 N–H and O–H groups in total. The third-order valence-electron chi connectivity index (χ3n) is 3.93. The molecule has 1 aliphatic heterocycles. The van der Waals surface area contributed by atoms with Gasteiger partial charge in [0.2, 0.25) is 5.91 Å². The van der Waals surface area contributed by atoms with Crippen LogP contribution in [-0.2, 0) is 14.3 Å². The molecule has 1 saturated heterocycles. The Morgan fingerprint density at radius 1 is 1.52 bits per heavy atom. The van der Waals surface area contributed by atoms with Gasteiger partial charge in [0.1, 0.15) is 12.4 Å². The Bertz CT molecular complexity index is 571. The number of carbonyl (C=O) groups excluding carboxylic acids is 1. The maximum atomic E-state index is 13.8. The van der Waals surface area contributed by atoms with E-state index in [1.807, 2.05) is 13.8 Å². The number of hydrogen-bond donors (Lipinski definition) is 2. The van der Waals surface area contributed by atoms with Crippen molar-refractivity contribution in [2.45, 2.75) is 20.0 Å². The highest BCUT2D eigenvalue weighted by Gasteiger charge is 2.27. The number of nitrogens with one attached hydrogen (secondary N) is 2. The lowest BCUT2D eigenvalue weighted by atomic mass is 9.95. The van der Waals surface area contributed by atoms with E-state index in [0.29, 0.717) is 38.8 Å². The SMILES string of the molecule is CC(C)COCC(=O)NC[C@@H]1CNCCO[C@H]1c1ccc(Cl)c(F)c1. The van der Waals surface area contributed by atoms with Gasteiger partial charge in [-0.15, -0.1) is 0 Å². The van der Waals surface area contributed by atoms with Crippen molar-refractivity contribution < 1.29 is 18.7 Å². The molecule has 7 heteroatoms. The summed E-state index contributed by atoms with van der Waals surface area (Å²) in [4.78, 5) is 11.9. The maximum absolute atomic E-state index is 13.8. The summed E-state index contributed by atoms with van der Waals surface area (Å²) in [5, 5.41) is 6.24. The molecule has 1 aromatic carbocycles. The molecule has 2 rings (SSSR count). The van der Waals surface area contributed by atoms with Gasteiger partial charge in [-0.25, -0.2) is 4.39 Å². The summed E-state index contributed by atoms with van der Waals surface area (Å²) in [6.45, 7) is 6.98. The minimum Gasteiger partial charge on any atom is -0.372 e. The molecular weight excluding hydrogens is 347 g/mol. The van der Waals surface area contributed by atoms with E-state index in [9.17, 15) is 9.18 Å². The highest BCUT2D eigenvalue weighted by Crippen LogP contribution is 2.29. The highest BCUT2D eigenvalue weighted by molar-refractivity contribution is 6.30. The first kappa shape index (κ1) is 20.1. The van der Waals surface area contributed by atoms with Crippen LogP contribution in [0.4, 0.5) is 4.39 Å². The van der Waals surface area contributed by atoms with Crippen molar-refractivity contribution in [3.05, 3.63) is 34.6 Å². The van der Waals surface area contributed by atoms with Crippen molar-refractivity contribution in [1.29, 1.82) is 0 Å².